The van der Waals surface area contributed by atoms with E-state index in [1.165, 1.54) is 45.6 Å². The Morgan fingerprint density at radius 1 is 1.18 bits per heavy atom. The van der Waals surface area contributed by atoms with E-state index >= 15 is 0 Å². The molecular formula is C32H27N9O6S3. The Morgan fingerprint density at radius 3 is 2.56 bits per heavy atom. The van der Waals surface area contributed by atoms with Gasteiger partial charge in [0.2, 0.25) is 11.6 Å². The molecule has 1 saturated heterocycles. The monoisotopic (exact) mass is 729 g/mol. The van der Waals surface area contributed by atoms with Crippen LogP contribution in [-0.2, 0) is 35.3 Å². The van der Waals surface area contributed by atoms with E-state index in [2.05, 4.69) is 42.2 Å². The minimum Gasteiger partial charge on any atom is -0.448 e. The summed E-state index contributed by atoms with van der Waals surface area (Å²) in [6.45, 7) is 0.159. The highest BCUT2D eigenvalue weighted by Gasteiger charge is 2.55. The van der Waals surface area contributed by atoms with Crippen molar-refractivity contribution in [2.75, 3.05) is 23.9 Å². The molecule has 4 aromatic rings. The third-order valence-electron chi connectivity index (χ3n) is 7.40. The van der Waals surface area contributed by atoms with E-state index in [9.17, 15) is 19.2 Å². The zero-order valence-corrected chi connectivity index (χ0v) is 28.6. The number of hydrogen-bond donors (Lipinski definition) is 2. The highest BCUT2D eigenvalue weighted by atomic mass is 32.2. The molecule has 1 unspecified atom stereocenters. The van der Waals surface area contributed by atoms with Crippen LogP contribution in [0.1, 0.15) is 22.9 Å². The van der Waals surface area contributed by atoms with Gasteiger partial charge in [-0.25, -0.2) is 14.5 Å². The zero-order valence-electron chi connectivity index (χ0n) is 26.2. The van der Waals surface area contributed by atoms with Crippen molar-refractivity contribution in [3.63, 3.8) is 0 Å². The molecule has 2 aliphatic heterocycles. The summed E-state index contributed by atoms with van der Waals surface area (Å²) in [5.74, 6) is 1.14. The van der Waals surface area contributed by atoms with Gasteiger partial charge in [-0.3, -0.25) is 19.3 Å². The molecule has 18 heteroatoms. The van der Waals surface area contributed by atoms with Crippen LogP contribution >= 0.6 is 34.9 Å². The third kappa shape index (κ3) is 7.24. The molecule has 2 N–H and O–H groups in total. The summed E-state index contributed by atoms with van der Waals surface area (Å²) in [7, 11) is 1.27. The summed E-state index contributed by atoms with van der Waals surface area (Å²) in [6, 6.07) is 17.6. The quantitative estimate of drug-likeness (QED) is 0.0369. The first-order valence-corrected chi connectivity index (χ1v) is 17.7. The standard InChI is InChI=1S/C32H27N9O6S3/c1-3-14-40-32(36-38-39-40)50-16-21-15-48-29-24(35-27(43)23(37-46-2)22-17-49-31(34-22)33-18-42)28(44)41(29)25(21)30(45)47-26(19-10-6-4-7-11-19)20-12-8-5-9-13-20/h1,4-13,17-18,24,26,29H,14-16H2,2H3,(H,35,43)(H,33,34,42)/t24?,29-/m0/s1. The summed E-state index contributed by atoms with van der Waals surface area (Å²) >= 11 is 3.73. The Kier molecular flexibility index (Phi) is 10.9. The normalized spacial score (nSPS) is 17.0. The van der Waals surface area contributed by atoms with Crippen molar-refractivity contribution in [1.82, 2.24) is 35.4 Å². The lowest BCUT2D eigenvalue weighted by atomic mass is 10.0. The average Bonchev–Trinajstić information content (AvgIpc) is 3.80. The van der Waals surface area contributed by atoms with E-state index in [-0.39, 0.29) is 34.5 Å². The summed E-state index contributed by atoms with van der Waals surface area (Å²) < 4.78 is 7.68. The number of oxime groups is 1. The van der Waals surface area contributed by atoms with Crippen LogP contribution in [0.25, 0.3) is 0 Å². The van der Waals surface area contributed by atoms with Crippen LogP contribution in [0, 0.1) is 12.3 Å². The summed E-state index contributed by atoms with van der Waals surface area (Å²) in [5.41, 5.74) is 2.14. The van der Waals surface area contributed by atoms with Crippen molar-refractivity contribution in [1.29, 1.82) is 0 Å². The van der Waals surface area contributed by atoms with Gasteiger partial charge in [0.05, 0.1) is 0 Å². The van der Waals surface area contributed by atoms with Crippen molar-refractivity contribution in [3.8, 4) is 12.3 Å². The molecule has 0 saturated carbocycles. The van der Waals surface area contributed by atoms with Gasteiger partial charge in [-0.2, -0.15) is 0 Å². The van der Waals surface area contributed by atoms with Gasteiger partial charge in [0.25, 0.3) is 11.8 Å². The van der Waals surface area contributed by atoms with Crippen molar-refractivity contribution in [2.45, 2.75) is 29.2 Å². The number of hydrogen-bond acceptors (Lipinski definition) is 14. The van der Waals surface area contributed by atoms with Crippen LogP contribution in [0.15, 0.2) is 87.6 Å². The highest BCUT2D eigenvalue weighted by molar-refractivity contribution is 8.01. The minimum absolute atomic E-state index is 0.0828. The second kappa shape index (κ2) is 15.8. The number of terminal acetylenes is 1. The Labute approximate surface area is 297 Å². The number of nitrogens with zero attached hydrogens (tertiary/aromatic N) is 7. The van der Waals surface area contributed by atoms with E-state index in [1.807, 2.05) is 60.7 Å². The highest BCUT2D eigenvalue weighted by Crippen LogP contribution is 2.43. The fourth-order valence-electron chi connectivity index (χ4n) is 5.17. The number of carbonyl (C=O) groups excluding carboxylic acids is 4. The van der Waals surface area contributed by atoms with E-state index in [4.69, 9.17) is 16.0 Å². The van der Waals surface area contributed by atoms with E-state index in [1.54, 1.807) is 0 Å². The number of amides is 3. The lowest BCUT2D eigenvalue weighted by Crippen LogP contribution is -2.71. The molecule has 4 heterocycles. The predicted molar refractivity (Wildman–Crippen MR) is 186 cm³/mol. The predicted octanol–water partition coefficient (Wildman–Crippen LogP) is 2.46. The lowest BCUT2D eigenvalue weighted by Gasteiger charge is -2.49. The average molecular weight is 730 g/mol. The minimum atomic E-state index is -1.00. The SMILES string of the molecule is C#CCn1nnnc1SCC1=C(C(=O)OC(c2ccccc2)c2ccccc2)N2C(=O)C(NC(=O)C(=NOC)c3csc(NC=O)n3)[C@@H]2SC1. The van der Waals surface area contributed by atoms with E-state index < -0.39 is 35.3 Å². The van der Waals surface area contributed by atoms with E-state index in [0.717, 1.165) is 22.5 Å². The number of rotatable bonds is 14. The number of β-lactam (4-membered cyclic amide) rings is 1. The van der Waals surface area contributed by atoms with Crippen LogP contribution in [0.4, 0.5) is 5.13 Å². The molecule has 3 amide bonds. The van der Waals surface area contributed by atoms with Crippen LogP contribution in [0.3, 0.4) is 0 Å². The number of carbonyl (C=O) groups is 4. The third-order valence-corrected chi connectivity index (χ3v) is 10.6. The molecule has 50 heavy (non-hydrogen) atoms. The first-order chi connectivity index (χ1) is 24.4. The fraction of sp³-hybridized carbons (Fsp3) is 0.219. The van der Waals surface area contributed by atoms with Gasteiger partial charge in [0, 0.05) is 16.9 Å². The maximum Gasteiger partial charge on any atom is 0.356 e. The first-order valence-electron chi connectivity index (χ1n) is 14.8. The zero-order chi connectivity index (χ0) is 35.0. The molecule has 2 aliphatic rings. The summed E-state index contributed by atoms with van der Waals surface area (Å²) in [4.78, 5) is 62.8. The molecular weight excluding hydrogens is 703 g/mol. The molecule has 2 atom stereocenters. The number of thiazole rings is 1. The number of anilines is 1. The lowest BCUT2D eigenvalue weighted by molar-refractivity contribution is -0.154. The van der Waals surface area contributed by atoms with Crippen LogP contribution in [0.2, 0.25) is 0 Å². The number of nitrogens with one attached hydrogen (secondary N) is 2. The second-order valence-electron chi connectivity index (χ2n) is 10.5. The maximum atomic E-state index is 14.3. The summed E-state index contributed by atoms with van der Waals surface area (Å²) in [5, 5.41) is 22.2. The van der Waals surface area contributed by atoms with Gasteiger partial charge in [-0.15, -0.1) is 34.6 Å². The largest absolute Gasteiger partial charge is 0.448 e. The van der Waals surface area contributed by atoms with Gasteiger partial charge in [-0.05, 0) is 27.1 Å². The van der Waals surface area contributed by atoms with Gasteiger partial charge in [0.15, 0.2) is 16.9 Å². The van der Waals surface area contributed by atoms with Crippen molar-refractivity contribution < 1.29 is 28.8 Å². The molecule has 2 aromatic carbocycles. The van der Waals surface area contributed by atoms with Gasteiger partial charge < -0.3 is 20.2 Å². The molecule has 254 valence electrons. The molecule has 1 fully saturated rings. The Morgan fingerprint density at radius 2 is 1.90 bits per heavy atom. The topological polar surface area (TPSA) is 183 Å². The van der Waals surface area contributed by atoms with Gasteiger partial charge >= 0.3 is 5.97 Å². The Hall–Kier alpha value is -5.51. The molecule has 6 rings (SSSR count). The smallest absolute Gasteiger partial charge is 0.356 e. The molecule has 0 spiro atoms. The summed E-state index contributed by atoms with van der Waals surface area (Å²) in [6.07, 6.45) is 5.16. The number of benzene rings is 2. The molecule has 15 nitrogen and oxygen atoms in total. The second-order valence-corrected chi connectivity index (χ2v) is 13.4. The van der Waals surface area contributed by atoms with Crippen molar-refractivity contribution >= 4 is 69.9 Å². The first kappa shape index (κ1) is 34.4. The number of tetrazole rings is 1. The number of aromatic nitrogens is 5. The van der Waals surface area contributed by atoms with Crippen molar-refractivity contribution in [2.24, 2.45) is 5.16 Å². The van der Waals surface area contributed by atoms with Gasteiger partial charge in [-0.1, -0.05) is 83.5 Å². The van der Waals surface area contributed by atoms with Gasteiger partial charge in [0.1, 0.15) is 36.5 Å². The molecule has 0 radical (unpaired) electrons. The molecule has 0 aliphatic carbocycles. The maximum absolute atomic E-state index is 14.3. The Balaban J connectivity index is 1.28. The number of fused-ring (bicyclic) bond motifs is 1. The van der Waals surface area contributed by atoms with Crippen LogP contribution in [0.5, 0.6) is 0 Å². The van der Waals surface area contributed by atoms with Crippen LogP contribution < -0.4 is 10.6 Å². The molecule has 0 bridgehead atoms. The van der Waals surface area contributed by atoms with E-state index in [0.29, 0.717) is 22.9 Å². The fourth-order valence-corrected chi connectivity index (χ4v) is 8.19. The molecule has 2 aromatic heterocycles. The van der Waals surface area contributed by atoms with Crippen LogP contribution in [-0.4, -0.2) is 90.0 Å². The van der Waals surface area contributed by atoms with Crippen molar-refractivity contribution in [3.05, 3.63) is 94.1 Å². The number of ether oxygens (including phenoxy) is 1. The number of thioether (sulfide) groups is 2. The number of esters is 1. The Bertz CT molecular complexity index is 1950.